The van der Waals surface area contributed by atoms with Crippen LogP contribution in [0.25, 0.3) is 0 Å². The molecule has 27 heavy (non-hydrogen) atoms. The fourth-order valence-electron chi connectivity index (χ4n) is 2.96. The van der Waals surface area contributed by atoms with Crippen LogP contribution in [0, 0.1) is 0 Å². The highest BCUT2D eigenvalue weighted by Crippen LogP contribution is 2.32. The van der Waals surface area contributed by atoms with Crippen LogP contribution in [0.15, 0.2) is 30.3 Å². The molecule has 1 aliphatic rings. The standard InChI is InChI=1S/C18H19ClF3N3O2/c1-2-26-13-7-3-4-8-14(13)27-12-6-5-9-25(11-12)16-10-15(18(20,21)22)23-17(19)24-16/h3-4,7-8,10,12H,2,5-6,9,11H2,1H3/t12-/m1/s1. The average molecular weight is 402 g/mol. The van der Waals surface area contributed by atoms with Crippen molar-refractivity contribution in [3.8, 4) is 11.5 Å². The molecule has 9 heteroatoms. The number of hydrogen-bond acceptors (Lipinski definition) is 5. The summed E-state index contributed by atoms with van der Waals surface area (Å²) < 4.78 is 50.6. The van der Waals surface area contributed by atoms with E-state index >= 15 is 0 Å². The number of piperidine rings is 1. The van der Waals surface area contributed by atoms with Gasteiger partial charge >= 0.3 is 6.18 Å². The smallest absolute Gasteiger partial charge is 0.433 e. The Kier molecular flexibility index (Phi) is 5.94. The number of benzene rings is 1. The molecule has 0 saturated carbocycles. The molecular formula is C18H19ClF3N3O2. The number of ether oxygens (including phenoxy) is 2. The maximum Gasteiger partial charge on any atom is 0.433 e. The van der Waals surface area contributed by atoms with Crippen LogP contribution in [0.1, 0.15) is 25.5 Å². The minimum atomic E-state index is -4.58. The Morgan fingerprint density at radius 3 is 2.67 bits per heavy atom. The predicted octanol–water partition coefficient (Wildman–Crippen LogP) is 4.60. The van der Waals surface area contributed by atoms with Crippen molar-refractivity contribution >= 4 is 17.4 Å². The quantitative estimate of drug-likeness (QED) is 0.685. The average Bonchev–Trinajstić information content (AvgIpc) is 2.63. The summed E-state index contributed by atoms with van der Waals surface area (Å²) in [5, 5.41) is -0.426. The summed E-state index contributed by atoms with van der Waals surface area (Å²) in [6.45, 7) is 3.36. The SMILES string of the molecule is CCOc1ccccc1O[C@@H]1CCCN(c2cc(C(F)(F)F)nc(Cl)n2)C1. The van der Waals surface area contributed by atoms with Gasteiger partial charge in [0.05, 0.1) is 13.2 Å². The van der Waals surface area contributed by atoms with Crippen LogP contribution >= 0.6 is 11.6 Å². The van der Waals surface area contributed by atoms with E-state index in [1.165, 1.54) is 0 Å². The molecular weight excluding hydrogens is 383 g/mol. The highest BCUT2D eigenvalue weighted by Gasteiger charge is 2.34. The number of para-hydroxylation sites is 2. The predicted molar refractivity (Wildman–Crippen MR) is 95.5 cm³/mol. The van der Waals surface area contributed by atoms with Crippen LogP contribution in [0.4, 0.5) is 19.0 Å². The first-order valence-corrected chi connectivity index (χ1v) is 9.00. The summed E-state index contributed by atoms with van der Waals surface area (Å²) in [5.74, 6) is 1.40. The monoisotopic (exact) mass is 401 g/mol. The molecule has 1 aromatic carbocycles. The van der Waals surface area contributed by atoms with E-state index in [4.69, 9.17) is 21.1 Å². The van der Waals surface area contributed by atoms with Crippen molar-refractivity contribution in [1.82, 2.24) is 9.97 Å². The molecule has 3 rings (SSSR count). The van der Waals surface area contributed by atoms with Crippen molar-refractivity contribution in [2.24, 2.45) is 0 Å². The van der Waals surface area contributed by atoms with Gasteiger partial charge in [0.2, 0.25) is 5.28 Å². The van der Waals surface area contributed by atoms with Gasteiger partial charge in [-0.1, -0.05) is 12.1 Å². The van der Waals surface area contributed by atoms with Crippen molar-refractivity contribution in [3.05, 3.63) is 41.3 Å². The van der Waals surface area contributed by atoms with Gasteiger partial charge in [-0.15, -0.1) is 0 Å². The van der Waals surface area contributed by atoms with E-state index in [9.17, 15) is 13.2 Å². The van der Waals surface area contributed by atoms with Gasteiger partial charge in [-0.25, -0.2) is 9.97 Å². The van der Waals surface area contributed by atoms with Crippen LogP contribution in [0.5, 0.6) is 11.5 Å². The molecule has 0 aliphatic carbocycles. The van der Waals surface area contributed by atoms with Gasteiger partial charge in [-0.2, -0.15) is 13.2 Å². The third-order valence-electron chi connectivity index (χ3n) is 4.12. The van der Waals surface area contributed by atoms with E-state index in [2.05, 4.69) is 9.97 Å². The maximum atomic E-state index is 13.0. The van der Waals surface area contributed by atoms with Crippen LogP contribution < -0.4 is 14.4 Å². The molecule has 1 atom stereocenters. The Morgan fingerprint density at radius 2 is 1.96 bits per heavy atom. The Morgan fingerprint density at radius 1 is 1.22 bits per heavy atom. The first kappa shape index (κ1) is 19.5. The van der Waals surface area contributed by atoms with Crippen LogP contribution in [-0.4, -0.2) is 35.8 Å². The van der Waals surface area contributed by atoms with Crippen molar-refractivity contribution in [1.29, 1.82) is 0 Å². The Balaban J connectivity index is 1.76. The van der Waals surface area contributed by atoms with Gasteiger partial charge in [-0.3, -0.25) is 0 Å². The van der Waals surface area contributed by atoms with Crippen LogP contribution in [-0.2, 0) is 6.18 Å². The van der Waals surface area contributed by atoms with E-state index in [0.29, 0.717) is 31.2 Å². The van der Waals surface area contributed by atoms with Gasteiger partial charge in [-0.05, 0) is 43.5 Å². The lowest BCUT2D eigenvalue weighted by Gasteiger charge is -2.34. The lowest BCUT2D eigenvalue weighted by molar-refractivity contribution is -0.141. The molecule has 0 N–H and O–H groups in total. The number of aromatic nitrogens is 2. The highest BCUT2D eigenvalue weighted by atomic mass is 35.5. The van der Waals surface area contributed by atoms with E-state index in [-0.39, 0.29) is 11.9 Å². The van der Waals surface area contributed by atoms with Gasteiger partial charge < -0.3 is 14.4 Å². The molecule has 5 nitrogen and oxygen atoms in total. The fourth-order valence-corrected chi connectivity index (χ4v) is 3.13. The maximum absolute atomic E-state index is 13.0. The third kappa shape index (κ3) is 4.94. The summed E-state index contributed by atoms with van der Waals surface area (Å²) in [4.78, 5) is 8.97. The number of alkyl halides is 3. The van der Waals surface area contributed by atoms with Crippen molar-refractivity contribution in [2.45, 2.75) is 32.0 Å². The summed E-state index contributed by atoms with van der Waals surface area (Å²) >= 11 is 5.70. The number of nitrogens with zero attached hydrogens (tertiary/aromatic N) is 3. The molecule has 146 valence electrons. The van der Waals surface area contributed by atoms with E-state index in [1.54, 1.807) is 4.90 Å². The Labute approximate surface area is 160 Å². The van der Waals surface area contributed by atoms with Gasteiger partial charge in [0.15, 0.2) is 17.2 Å². The summed E-state index contributed by atoms with van der Waals surface area (Å²) in [6, 6.07) is 8.25. The van der Waals surface area contributed by atoms with Crippen LogP contribution in [0.3, 0.4) is 0 Å². The van der Waals surface area contributed by atoms with E-state index < -0.39 is 17.2 Å². The number of halogens is 4. The summed E-state index contributed by atoms with van der Waals surface area (Å²) in [6.07, 6.45) is -3.25. The largest absolute Gasteiger partial charge is 0.490 e. The molecule has 0 amide bonds. The minimum Gasteiger partial charge on any atom is -0.490 e. The Hall–Kier alpha value is -2.22. The summed E-state index contributed by atoms with van der Waals surface area (Å²) in [7, 11) is 0. The molecule has 1 aliphatic heterocycles. The van der Waals surface area contributed by atoms with E-state index in [1.807, 2.05) is 31.2 Å². The third-order valence-corrected chi connectivity index (χ3v) is 4.29. The van der Waals surface area contributed by atoms with Gasteiger partial charge in [0, 0.05) is 12.6 Å². The number of anilines is 1. The minimum absolute atomic E-state index is 0.147. The Bertz CT molecular complexity index is 789. The van der Waals surface area contributed by atoms with Gasteiger partial charge in [0.25, 0.3) is 0 Å². The molecule has 0 bridgehead atoms. The lowest BCUT2D eigenvalue weighted by atomic mass is 10.1. The zero-order valence-electron chi connectivity index (χ0n) is 14.7. The zero-order valence-corrected chi connectivity index (χ0v) is 15.4. The fraction of sp³-hybridized carbons (Fsp3) is 0.444. The zero-order chi connectivity index (χ0) is 19.4. The van der Waals surface area contributed by atoms with Crippen molar-refractivity contribution in [2.75, 3.05) is 24.6 Å². The molecule has 1 aromatic heterocycles. The second-order valence-electron chi connectivity index (χ2n) is 6.09. The van der Waals surface area contributed by atoms with Gasteiger partial charge in [0.1, 0.15) is 11.9 Å². The molecule has 0 radical (unpaired) electrons. The van der Waals surface area contributed by atoms with Crippen molar-refractivity contribution in [3.63, 3.8) is 0 Å². The molecule has 0 spiro atoms. The molecule has 0 unspecified atom stereocenters. The topological polar surface area (TPSA) is 47.5 Å². The first-order chi connectivity index (χ1) is 12.9. The molecule has 1 fully saturated rings. The lowest BCUT2D eigenvalue weighted by Crippen LogP contribution is -2.41. The normalized spacial score (nSPS) is 17.7. The molecule has 2 aromatic rings. The molecule has 1 saturated heterocycles. The second-order valence-corrected chi connectivity index (χ2v) is 6.42. The second kappa shape index (κ2) is 8.21. The number of rotatable bonds is 5. The first-order valence-electron chi connectivity index (χ1n) is 8.62. The molecule has 2 heterocycles. The van der Waals surface area contributed by atoms with Crippen LogP contribution in [0.2, 0.25) is 5.28 Å². The highest BCUT2D eigenvalue weighted by molar-refractivity contribution is 6.28. The van der Waals surface area contributed by atoms with E-state index in [0.717, 1.165) is 18.9 Å². The van der Waals surface area contributed by atoms with Crippen molar-refractivity contribution < 1.29 is 22.6 Å². The summed E-state index contributed by atoms with van der Waals surface area (Å²) in [5.41, 5.74) is -1.05. The number of hydrogen-bond donors (Lipinski definition) is 0.